The Morgan fingerprint density at radius 1 is 1.81 bits per heavy atom. The molecule has 16 heavy (non-hydrogen) atoms. The van der Waals surface area contributed by atoms with Crippen molar-refractivity contribution in [2.24, 2.45) is 7.05 Å². The Morgan fingerprint density at radius 3 is 3.06 bits per heavy atom. The molecule has 0 bridgehead atoms. The van der Waals surface area contributed by atoms with Crippen molar-refractivity contribution in [2.75, 3.05) is 5.75 Å². The largest absolute Gasteiger partial charge is 0.480 e. The number of nitrogens with one attached hydrogen (secondary N) is 1. The maximum atomic E-state index is 10.7. The number of aromatic nitrogens is 3. The van der Waals surface area contributed by atoms with Gasteiger partial charge < -0.3 is 10.4 Å². The topological polar surface area (TPSA) is 97.1 Å². The van der Waals surface area contributed by atoms with Crippen LogP contribution in [0.2, 0.25) is 0 Å². The number of rotatable bonds is 7. The van der Waals surface area contributed by atoms with Crippen LogP contribution >= 0.6 is 11.8 Å². The molecule has 1 heterocycles. The number of aryl methyl sites for hydroxylation is 1. The summed E-state index contributed by atoms with van der Waals surface area (Å²) >= 11 is 1.38. The van der Waals surface area contributed by atoms with Gasteiger partial charge >= 0.3 is 5.97 Å². The van der Waals surface area contributed by atoms with Gasteiger partial charge in [0.15, 0.2) is 0 Å². The van der Waals surface area contributed by atoms with Crippen LogP contribution < -0.4 is 5.32 Å². The second-order valence-corrected chi connectivity index (χ2v) is 4.10. The van der Waals surface area contributed by atoms with Crippen LogP contribution in [0.5, 0.6) is 0 Å². The first-order chi connectivity index (χ1) is 7.63. The molecule has 1 unspecified atom stereocenters. The van der Waals surface area contributed by atoms with Gasteiger partial charge in [0.05, 0.1) is 5.69 Å². The number of carboxylic acids is 1. The molecule has 0 aromatic carbocycles. The van der Waals surface area contributed by atoms with Gasteiger partial charge in [-0.2, -0.15) is 11.8 Å². The molecule has 1 amide bonds. The van der Waals surface area contributed by atoms with E-state index in [1.165, 1.54) is 11.8 Å². The third-order valence-corrected chi connectivity index (χ3v) is 2.82. The number of carbonyl (C=O) groups is 2. The SMILES string of the molecule is Cn1cc(CSCC(NC=O)C(=O)O)nn1. The van der Waals surface area contributed by atoms with E-state index in [1.807, 2.05) is 0 Å². The van der Waals surface area contributed by atoms with E-state index in [4.69, 9.17) is 5.11 Å². The van der Waals surface area contributed by atoms with Crippen LogP contribution in [0.15, 0.2) is 6.20 Å². The van der Waals surface area contributed by atoms with Gasteiger partial charge in [-0.05, 0) is 0 Å². The summed E-state index contributed by atoms with van der Waals surface area (Å²) in [6.07, 6.45) is 2.15. The summed E-state index contributed by atoms with van der Waals surface area (Å²) in [6.45, 7) is 0. The number of hydrogen-bond donors (Lipinski definition) is 2. The molecule has 1 aromatic heterocycles. The van der Waals surface area contributed by atoms with Gasteiger partial charge in [0.25, 0.3) is 0 Å². The molecule has 0 radical (unpaired) electrons. The fourth-order valence-electron chi connectivity index (χ4n) is 1.02. The van der Waals surface area contributed by atoms with Gasteiger partial charge in [0.2, 0.25) is 6.41 Å². The normalized spacial score (nSPS) is 12.1. The van der Waals surface area contributed by atoms with E-state index >= 15 is 0 Å². The fourth-order valence-corrected chi connectivity index (χ4v) is 1.95. The van der Waals surface area contributed by atoms with Gasteiger partial charge in [-0.25, -0.2) is 4.79 Å². The molecule has 8 heteroatoms. The van der Waals surface area contributed by atoms with E-state index in [-0.39, 0.29) is 0 Å². The summed E-state index contributed by atoms with van der Waals surface area (Å²) in [4.78, 5) is 20.8. The van der Waals surface area contributed by atoms with Crippen LogP contribution in [0.3, 0.4) is 0 Å². The van der Waals surface area contributed by atoms with E-state index in [9.17, 15) is 9.59 Å². The monoisotopic (exact) mass is 244 g/mol. The Bertz CT molecular complexity index is 368. The molecule has 0 saturated heterocycles. The van der Waals surface area contributed by atoms with Gasteiger partial charge in [0.1, 0.15) is 6.04 Å². The molecule has 1 aromatic rings. The molecular weight excluding hydrogens is 232 g/mol. The number of carbonyl (C=O) groups excluding carboxylic acids is 1. The molecule has 7 nitrogen and oxygen atoms in total. The molecule has 88 valence electrons. The van der Waals surface area contributed by atoms with Crippen LogP contribution in [0.4, 0.5) is 0 Å². The number of amides is 1. The van der Waals surface area contributed by atoms with Crippen molar-refractivity contribution in [1.29, 1.82) is 0 Å². The molecule has 2 N–H and O–H groups in total. The van der Waals surface area contributed by atoms with Crippen LogP contribution in [0, 0.1) is 0 Å². The highest BCUT2D eigenvalue weighted by atomic mass is 32.2. The van der Waals surface area contributed by atoms with Crippen molar-refractivity contribution >= 4 is 24.1 Å². The molecule has 0 fully saturated rings. The first-order valence-corrected chi connectivity index (χ1v) is 5.64. The second kappa shape index (κ2) is 6.11. The van der Waals surface area contributed by atoms with E-state index in [2.05, 4.69) is 15.6 Å². The second-order valence-electron chi connectivity index (χ2n) is 3.07. The lowest BCUT2D eigenvalue weighted by molar-refractivity contribution is -0.139. The van der Waals surface area contributed by atoms with Gasteiger partial charge in [-0.15, -0.1) is 5.10 Å². The summed E-state index contributed by atoms with van der Waals surface area (Å²) in [5, 5.41) is 18.6. The van der Waals surface area contributed by atoms with E-state index in [1.54, 1.807) is 17.9 Å². The highest BCUT2D eigenvalue weighted by Gasteiger charge is 2.15. The van der Waals surface area contributed by atoms with Crippen LogP contribution in [-0.2, 0) is 22.4 Å². The Balaban J connectivity index is 2.33. The van der Waals surface area contributed by atoms with Gasteiger partial charge in [0, 0.05) is 24.8 Å². The van der Waals surface area contributed by atoms with Crippen molar-refractivity contribution in [3.8, 4) is 0 Å². The molecule has 0 saturated carbocycles. The summed E-state index contributed by atoms with van der Waals surface area (Å²) < 4.78 is 1.58. The lowest BCUT2D eigenvalue weighted by Crippen LogP contribution is -2.37. The minimum Gasteiger partial charge on any atom is -0.480 e. The predicted molar refractivity (Wildman–Crippen MR) is 57.8 cm³/mol. The standard InChI is InChI=1S/C8H12N4O3S/c1-12-2-6(10-11-12)3-16-4-7(8(14)15)9-5-13/h2,5,7H,3-4H2,1H3,(H,9,13)(H,14,15). The minimum atomic E-state index is -1.04. The smallest absolute Gasteiger partial charge is 0.327 e. The van der Waals surface area contributed by atoms with Gasteiger partial charge in [-0.3, -0.25) is 9.48 Å². The zero-order valence-corrected chi connectivity index (χ0v) is 9.48. The first kappa shape index (κ1) is 12.5. The van der Waals surface area contributed by atoms with Crippen molar-refractivity contribution in [3.63, 3.8) is 0 Å². The predicted octanol–water partition coefficient (Wildman–Crippen LogP) is -0.752. The quantitative estimate of drug-likeness (QED) is 0.612. The van der Waals surface area contributed by atoms with Crippen LogP contribution in [0.25, 0.3) is 0 Å². The summed E-state index contributed by atoms with van der Waals surface area (Å²) in [5.41, 5.74) is 0.780. The van der Waals surface area contributed by atoms with Crippen molar-refractivity contribution < 1.29 is 14.7 Å². The summed E-state index contributed by atoms with van der Waals surface area (Å²) in [6, 6.07) is -0.862. The lowest BCUT2D eigenvalue weighted by Gasteiger charge is -2.09. The lowest BCUT2D eigenvalue weighted by atomic mass is 10.3. The third kappa shape index (κ3) is 3.89. The summed E-state index contributed by atoms with van der Waals surface area (Å²) in [7, 11) is 1.76. The highest BCUT2D eigenvalue weighted by Crippen LogP contribution is 2.10. The van der Waals surface area contributed by atoms with E-state index < -0.39 is 12.0 Å². The number of aliphatic carboxylic acids is 1. The molecular formula is C8H12N4O3S. The number of hydrogen-bond acceptors (Lipinski definition) is 5. The molecule has 1 atom stereocenters. The maximum absolute atomic E-state index is 10.7. The fraction of sp³-hybridized carbons (Fsp3) is 0.500. The average Bonchev–Trinajstić information content (AvgIpc) is 2.63. The Kier molecular flexibility index (Phi) is 4.77. The van der Waals surface area contributed by atoms with Crippen LogP contribution in [-0.4, -0.2) is 44.3 Å². The molecule has 0 aliphatic rings. The summed E-state index contributed by atoms with van der Waals surface area (Å²) in [5.74, 6) is -0.179. The number of thioether (sulfide) groups is 1. The van der Waals surface area contributed by atoms with Crippen LogP contribution in [0.1, 0.15) is 5.69 Å². The molecule has 0 aliphatic heterocycles. The van der Waals surface area contributed by atoms with E-state index in [0.29, 0.717) is 17.9 Å². The molecule has 0 aliphatic carbocycles. The number of nitrogens with zero attached hydrogens (tertiary/aromatic N) is 3. The zero-order valence-electron chi connectivity index (χ0n) is 8.66. The molecule has 1 rings (SSSR count). The first-order valence-electron chi connectivity index (χ1n) is 4.49. The maximum Gasteiger partial charge on any atom is 0.327 e. The van der Waals surface area contributed by atoms with E-state index in [0.717, 1.165) is 5.69 Å². The average molecular weight is 244 g/mol. The molecule has 0 spiro atoms. The van der Waals surface area contributed by atoms with Crippen molar-refractivity contribution in [3.05, 3.63) is 11.9 Å². The highest BCUT2D eigenvalue weighted by molar-refractivity contribution is 7.98. The Labute approximate surface area is 96.2 Å². The number of carboxylic acid groups (broad SMARTS) is 1. The minimum absolute atomic E-state index is 0.296. The van der Waals surface area contributed by atoms with Crippen molar-refractivity contribution in [1.82, 2.24) is 20.3 Å². The Hall–Kier alpha value is -1.57. The van der Waals surface area contributed by atoms with Crippen molar-refractivity contribution in [2.45, 2.75) is 11.8 Å². The third-order valence-electron chi connectivity index (χ3n) is 1.75. The Morgan fingerprint density at radius 2 is 2.56 bits per heavy atom. The zero-order chi connectivity index (χ0) is 12.0. The van der Waals surface area contributed by atoms with Gasteiger partial charge in [-0.1, -0.05) is 5.21 Å².